The highest BCUT2D eigenvalue weighted by Crippen LogP contribution is 2.29. The number of fused-ring (bicyclic) bond motifs is 2. The maximum atomic E-state index is 13.8. The zero-order valence-electron chi connectivity index (χ0n) is 21.5. The minimum atomic E-state index is -0.456. The van der Waals surface area contributed by atoms with E-state index >= 15 is 0 Å². The first-order valence-corrected chi connectivity index (χ1v) is 13.8. The van der Waals surface area contributed by atoms with Crippen molar-refractivity contribution in [2.45, 2.75) is 13.5 Å². The average Bonchev–Trinajstić information content (AvgIpc) is 3.23. The van der Waals surface area contributed by atoms with Gasteiger partial charge in [-0.15, -0.1) is 0 Å². The Bertz CT molecular complexity index is 1990. The van der Waals surface area contributed by atoms with Gasteiger partial charge in [0.05, 0.1) is 21.5 Å². The van der Waals surface area contributed by atoms with E-state index in [1.54, 1.807) is 12.1 Å². The summed E-state index contributed by atoms with van der Waals surface area (Å²) in [5.74, 6) is 0.437. The third-order valence-electron chi connectivity index (χ3n) is 7.04. The summed E-state index contributed by atoms with van der Waals surface area (Å²) in [6, 6.07) is 30.1. The second-order valence-electron chi connectivity index (χ2n) is 9.47. The molecule has 0 amide bonds. The average molecular weight is 638 g/mol. The molecular formula is C32H23IN4O3. The molecule has 40 heavy (non-hydrogen) atoms. The molecule has 0 fully saturated rings. The molecule has 0 aliphatic heterocycles. The summed E-state index contributed by atoms with van der Waals surface area (Å²) in [6.45, 7) is 2.84. The van der Waals surface area contributed by atoms with E-state index in [2.05, 4.69) is 58.3 Å². The van der Waals surface area contributed by atoms with Gasteiger partial charge in [-0.3, -0.25) is 19.5 Å². The zero-order valence-corrected chi connectivity index (χ0v) is 23.6. The third kappa shape index (κ3) is 4.71. The van der Waals surface area contributed by atoms with Gasteiger partial charge in [-0.05, 0) is 83.6 Å². The molecule has 0 aliphatic carbocycles. The number of aromatic nitrogens is 3. The highest BCUT2D eigenvalue weighted by molar-refractivity contribution is 14.1. The van der Waals surface area contributed by atoms with Gasteiger partial charge in [-0.25, -0.2) is 4.98 Å². The molecule has 0 atom stereocenters. The lowest BCUT2D eigenvalue weighted by molar-refractivity contribution is -0.384. The minimum absolute atomic E-state index is 0.0426. The summed E-state index contributed by atoms with van der Waals surface area (Å²) >= 11 is 2.17. The van der Waals surface area contributed by atoms with Gasteiger partial charge in [-0.2, -0.15) is 0 Å². The van der Waals surface area contributed by atoms with Crippen LogP contribution in [0.5, 0.6) is 0 Å². The molecule has 0 unspecified atom stereocenters. The molecule has 0 radical (unpaired) electrons. The zero-order chi connectivity index (χ0) is 27.8. The molecule has 6 aromatic rings. The smallest absolute Gasteiger partial charge is 0.269 e. The first-order chi connectivity index (χ1) is 19.4. The van der Waals surface area contributed by atoms with Crippen molar-refractivity contribution in [3.63, 3.8) is 0 Å². The van der Waals surface area contributed by atoms with Crippen LogP contribution in [0.1, 0.15) is 22.6 Å². The molecule has 7 nitrogen and oxygen atoms in total. The number of para-hydroxylation sites is 1. The van der Waals surface area contributed by atoms with Crippen LogP contribution in [0.25, 0.3) is 39.6 Å². The van der Waals surface area contributed by atoms with E-state index in [4.69, 9.17) is 4.98 Å². The molecule has 2 heterocycles. The molecule has 0 N–H and O–H groups in total. The molecule has 0 spiro atoms. The molecule has 0 saturated heterocycles. The van der Waals surface area contributed by atoms with Crippen LogP contribution < -0.4 is 5.56 Å². The van der Waals surface area contributed by atoms with Crippen molar-refractivity contribution in [3.8, 4) is 5.69 Å². The van der Waals surface area contributed by atoms with Gasteiger partial charge in [0.1, 0.15) is 5.82 Å². The van der Waals surface area contributed by atoms with Crippen LogP contribution in [0.4, 0.5) is 5.69 Å². The van der Waals surface area contributed by atoms with Crippen LogP contribution in [-0.4, -0.2) is 19.0 Å². The molecule has 196 valence electrons. The van der Waals surface area contributed by atoms with E-state index in [0.29, 0.717) is 22.4 Å². The Balaban J connectivity index is 1.52. The van der Waals surface area contributed by atoms with Crippen molar-refractivity contribution >= 4 is 62.2 Å². The van der Waals surface area contributed by atoms with Crippen molar-refractivity contribution in [2.75, 3.05) is 0 Å². The van der Waals surface area contributed by atoms with Crippen LogP contribution >= 0.6 is 22.6 Å². The van der Waals surface area contributed by atoms with Crippen LogP contribution in [0.3, 0.4) is 0 Å². The van der Waals surface area contributed by atoms with Gasteiger partial charge in [0, 0.05) is 44.4 Å². The van der Waals surface area contributed by atoms with Crippen molar-refractivity contribution in [1.29, 1.82) is 0 Å². The van der Waals surface area contributed by atoms with E-state index in [9.17, 15) is 14.9 Å². The summed E-state index contributed by atoms with van der Waals surface area (Å²) in [4.78, 5) is 29.4. The van der Waals surface area contributed by atoms with Crippen molar-refractivity contribution < 1.29 is 4.92 Å². The predicted octanol–water partition coefficient (Wildman–Crippen LogP) is 7.38. The van der Waals surface area contributed by atoms with Crippen LogP contribution in [-0.2, 0) is 6.54 Å². The monoisotopic (exact) mass is 638 g/mol. The number of non-ortho nitro benzene ring substituents is 1. The van der Waals surface area contributed by atoms with E-state index < -0.39 is 4.92 Å². The quantitative estimate of drug-likeness (QED) is 0.108. The Morgan fingerprint density at radius 1 is 0.900 bits per heavy atom. The van der Waals surface area contributed by atoms with Crippen molar-refractivity contribution in [3.05, 3.63) is 144 Å². The summed E-state index contributed by atoms with van der Waals surface area (Å²) in [6.07, 6.45) is 3.85. The summed E-state index contributed by atoms with van der Waals surface area (Å²) in [5.41, 5.74) is 5.29. The van der Waals surface area contributed by atoms with Gasteiger partial charge in [-0.1, -0.05) is 48.5 Å². The van der Waals surface area contributed by atoms with Gasteiger partial charge in [0.25, 0.3) is 11.2 Å². The number of nitro groups is 1. The Kier molecular flexibility index (Phi) is 6.77. The number of nitrogens with zero attached hydrogens (tertiary/aromatic N) is 4. The Morgan fingerprint density at radius 2 is 1.62 bits per heavy atom. The van der Waals surface area contributed by atoms with Crippen LogP contribution in [0.15, 0.2) is 102 Å². The van der Waals surface area contributed by atoms with Gasteiger partial charge in [0.15, 0.2) is 0 Å². The fourth-order valence-corrected chi connectivity index (χ4v) is 5.55. The van der Waals surface area contributed by atoms with E-state index in [0.717, 1.165) is 32.3 Å². The van der Waals surface area contributed by atoms with Crippen molar-refractivity contribution in [1.82, 2.24) is 14.1 Å². The fourth-order valence-electron chi connectivity index (χ4n) is 5.06. The lowest BCUT2D eigenvalue weighted by Crippen LogP contribution is -2.22. The normalized spacial score (nSPS) is 11.6. The summed E-state index contributed by atoms with van der Waals surface area (Å²) in [5, 5.41) is 12.8. The van der Waals surface area contributed by atoms with E-state index in [1.165, 1.54) is 22.3 Å². The maximum Gasteiger partial charge on any atom is 0.269 e. The predicted molar refractivity (Wildman–Crippen MR) is 168 cm³/mol. The fraction of sp³-hybridized carbons (Fsp3) is 0.0625. The van der Waals surface area contributed by atoms with Crippen molar-refractivity contribution in [2.24, 2.45) is 0 Å². The van der Waals surface area contributed by atoms with Gasteiger partial charge >= 0.3 is 0 Å². The van der Waals surface area contributed by atoms with Gasteiger partial charge in [0.2, 0.25) is 0 Å². The minimum Gasteiger partial charge on any atom is -0.340 e. The number of rotatable bonds is 6. The molecular weight excluding hydrogens is 615 g/mol. The lowest BCUT2D eigenvalue weighted by Gasteiger charge is -2.12. The Labute approximate surface area is 243 Å². The second-order valence-corrected chi connectivity index (χ2v) is 10.7. The van der Waals surface area contributed by atoms with E-state index in [-0.39, 0.29) is 11.2 Å². The number of benzene rings is 4. The van der Waals surface area contributed by atoms with Crippen LogP contribution in [0, 0.1) is 20.6 Å². The molecule has 2 aromatic heterocycles. The molecule has 8 heteroatoms. The number of hydrogen-bond acceptors (Lipinski definition) is 4. The Morgan fingerprint density at radius 3 is 2.38 bits per heavy atom. The van der Waals surface area contributed by atoms with Gasteiger partial charge < -0.3 is 4.57 Å². The molecule has 0 bridgehead atoms. The molecule has 0 saturated carbocycles. The third-order valence-corrected chi connectivity index (χ3v) is 7.71. The standard InChI is InChI=1S/C32H23IN4O3/c1-21-26(27-9-5-6-10-30(27)35(21)20-22-7-3-2-4-8-22)16-18-31-34-29-17-11-23(33)19-28(29)32(38)36(31)24-12-14-25(15-13-24)37(39)40/h2-19H,20H2,1H3/b18-16+. The molecule has 0 aliphatic rings. The lowest BCUT2D eigenvalue weighted by atomic mass is 10.1. The number of nitro benzene ring substituents is 1. The SMILES string of the molecule is Cc1c(/C=C/c2nc3ccc(I)cc3c(=O)n2-c2ccc([N+](=O)[O-])cc2)c2ccccc2n1Cc1ccccc1. The molecule has 6 rings (SSSR count). The summed E-state index contributed by atoms with van der Waals surface area (Å²) < 4.78 is 4.73. The number of hydrogen-bond donors (Lipinski definition) is 0. The first-order valence-electron chi connectivity index (χ1n) is 12.7. The summed E-state index contributed by atoms with van der Waals surface area (Å²) in [7, 11) is 0. The van der Waals surface area contributed by atoms with E-state index in [1.807, 2.05) is 60.7 Å². The molecule has 4 aromatic carbocycles. The second kappa shape index (κ2) is 10.5. The van der Waals surface area contributed by atoms with Crippen LogP contribution in [0.2, 0.25) is 0 Å². The largest absolute Gasteiger partial charge is 0.340 e. The highest BCUT2D eigenvalue weighted by atomic mass is 127. The Hall–Kier alpha value is -4.57. The first kappa shape index (κ1) is 25.7. The topological polar surface area (TPSA) is 83.0 Å². The highest BCUT2D eigenvalue weighted by Gasteiger charge is 2.15. The maximum absolute atomic E-state index is 13.8. The number of halogens is 1.